The Morgan fingerprint density at radius 1 is 1.25 bits per heavy atom. The highest BCUT2D eigenvalue weighted by atomic mass is 19.1. The Labute approximate surface area is 119 Å². The minimum Gasteiger partial charge on any atom is -0.305 e. The second kappa shape index (κ2) is 5.75. The summed E-state index contributed by atoms with van der Waals surface area (Å²) in [5.41, 5.74) is 3.36. The number of nitrogens with zero attached hydrogens (tertiary/aromatic N) is 1. The van der Waals surface area contributed by atoms with E-state index in [1.54, 1.807) is 0 Å². The van der Waals surface area contributed by atoms with Crippen LogP contribution in [0.2, 0.25) is 0 Å². The van der Waals surface area contributed by atoms with Crippen molar-refractivity contribution in [1.29, 1.82) is 0 Å². The second-order valence-electron chi connectivity index (χ2n) is 6.25. The van der Waals surface area contributed by atoms with Crippen LogP contribution in [0.25, 0.3) is 0 Å². The third-order valence-corrected chi connectivity index (χ3v) is 3.50. The van der Waals surface area contributed by atoms with Gasteiger partial charge in [0.05, 0.1) is 6.20 Å². The van der Waals surface area contributed by atoms with E-state index in [9.17, 15) is 4.39 Å². The molecule has 1 unspecified atom stereocenters. The molecule has 1 aromatic heterocycles. The molecule has 0 radical (unpaired) electrons. The summed E-state index contributed by atoms with van der Waals surface area (Å²) < 4.78 is 13.1. The van der Waals surface area contributed by atoms with E-state index in [1.807, 2.05) is 25.3 Å². The van der Waals surface area contributed by atoms with Gasteiger partial charge in [0, 0.05) is 23.8 Å². The molecule has 0 saturated carbocycles. The molecule has 2 rings (SSSR count). The van der Waals surface area contributed by atoms with E-state index in [1.165, 1.54) is 12.1 Å². The van der Waals surface area contributed by atoms with Crippen molar-refractivity contribution in [2.24, 2.45) is 5.41 Å². The molecule has 2 aromatic rings. The van der Waals surface area contributed by atoms with Crippen LogP contribution in [0.3, 0.4) is 0 Å². The van der Waals surface area contributed by atoms with E-state index < -0.39 is 0 Å². The van der Waals surface area contributed by atoms with Gasteiger partial charge in [-0.05, 0) is 30.0 Å². The van der Waals surface area contributed by atoms with Gasteiger partial charge in [-0.3, -0.25) is 5.10 Å². The number of halogens is 1. The van der Waals surface area contributed by atoms with Gasteiger partial charge >= 0.3 is 0 Å². The van der Waals surface area contributed by atoms with Crippen molar-refractivity contribution in [2.75, 3.05) is 0 Å². The molecule has 0 aliphatic rings. The lowest BCUT2D eigenvalue weighted by molar-refractivity contribution is 0.270. The fraction of sp³-hybridized carbons (Fsp3) is 0.438. The number of aryl methyl sites for hydroxylation is 1. The molecule has 4 heteroatoms. The van der Waals surface area contributed by atoms with Crippen LogP contribution in [0.4, 0.5) is 4.39 Å². The molecule has 1 heterocycles. The summed E-state index contributed by atoms with van der Waals surface area (Å²) in [6, 6.07) is 6.87. The summed E-state index contributed by atoms with van der Waals surface area (Å²) in [6.07, 6.45) is 1.84. The van der Waals surface area contributed by atoms with Gasteiger partial charge in [-0.2, -0.15) is 5.10 Å². The van der Waals surface area contributed by atoms with Crippen LogP contribution in [0.15, 0.2) is 30.5 Å². The molecule has 0 saturated heterocycles. The van der Waals surface area contributed by atoms with E-state index in [-0.39, 0.29) is 17.3 Å². The van der Waals surface area contributed by atoms with Crippen LogP contribution in [0, 0.1) is 18.2 Å². The molecule has 20 heavy (non-hydrogen) atoms. The molecule has 0 amide bonds. The fourth-order valence-electron chi connectivity index (χ4n) is 2.35. The summed E-state index contributed by atoms with van der Waals surface area (Å²) >= 11 is 0. The first-order chi connectivity index (χ1) is 9.38. The zero-order chi connectivity index (χ0) is 14.8. The smallest absolute Gasteiger partial charge is 0.123 e. The maximum atomic E-state index is 13.1. The molecular formula is C16H22FN3. The largest absolute Gasteiger partial charge is 0.305 e. The van der Waals surface area contributed by atoms with Gasteiger partial charge in [0.2, 0.25) is 0 Å². The molecule has 0 fully saturated rings. The monoisotopic (exact) mass is 275 g/mol. The first-order valence-electron chi connectivity index (χ1n) is 6.85. The lowest BCUT2D eigenvalue weighted by atomic mass is 9.82. The van der Waals surface area contributed by atoms with Crippen LogP contribution in [-0.4, -0.2) is 10.2 Å². The number of hydrogen-bond acceptors (Lipinski definition) is 2. The molecule has 3 nitrogen and oxygen atoms in total. The number of aromatic nitrogens is 2. The summed E-state index contributed by atoms with van der Waals surface area (Å²) in [4.78, 5) is 0. The summed E-state index contributed by atoms with van der Waals surface area (Å²) in [6.45, 7) is 9.28. The number of benzene rings is 1. The van der Waals surface area contributed by atoms with E-state index in [0.717, 1.165) is 23.4 Å². The van der Waals surface area contributed by atoms with Crippen LogP contribution in [0.5, 0.6) is 0 Å². The third-order valence-electron chi connectivity index (χ3n) is 3.50. The standard InChI is InChI=1S/C16H22FN3/c1-11-13(10-19-20-11)9-18-15(16(2,3)4)12-5-7-14(17)8-6-12/h5-8,10,15,18H,9H2,1-4H3,(H,19,20). The number of hydrogen-bond donors (Lipinski definition) is 2. The Balaban J connectivity index is 2.16. The predicted octanol–water partition coefficient (Wildman–Crippen LogP) is 3.73. The highest BCUT2D eigenvalue weighted by Gasteiger charge is 2.26. The minimum atomic E-state index is -0.202. The Morgan fingerprint density at radius 3 is 2.40 bits per heavy atom. The van der Waals surface area contributed by atoms with Gasteiger partial charge < -0.3 is 5.32 Å². The predicted molar refractivity (Wildman–Crippen MR) is 78.8 cm³/mol. The van der Waals surface area contributed by atoms with Crippen molar-refractivity contribution in [3.63, 3.8) is 0 Å². The van der Waals surface area contributed by atoms with Gasteiger partial charge in [-0.25, -0.2) is 4.39 Å². The van der Waals surface area contributed by atoms with E-state index in [4.69, 9.17) is 0 Å². The van der Waals surface area contributed by atoms with Crippen molar-refractivity contribution < 1.29 is 4.39 Å². The minimum absolute atomic E-state index is 0.0372. The highest BCUT2D eigenvalue weighted by molar-refractivity contribution is 5.22. The number of rotatable bonds is 4. The van der Waals surface area contributed by atoms with Gasteiger partial charge in [-0.1, -0.05) is 32.9 Å². The number of nitrogens with one attached hydrogen (secondary N) is 2. The maximum Gasteiger partial charge on any atom is 0.123 e. The van der Waals surface area contributed by atoms with Crippen molar-refractivity contribution in [1.82, 2.24) is 15.5 Å². The van der Waals surface area contributed by atoms with Crippen LogP contribution >= 0.6 is 0 Å². The normalized spacial score (nSPS) is 13.4. The third kappa shape index (κ3) is 3.45. The molecular weight excluding hydrogens is 253 g/mol. The SMILES string of the molecule is Cc1[nH]ncc1CNC(c1ccc(F)cc1)C(C)(C)C. The Kier molecular flexibility index (Phi) is 4.23. The number of H-pyrrole nitrogens is 1. The van der Waals surface area contributed by atoms with Gasteiger partial charge in [0.1, 0.15) is 5.82 Å². The summed E-state index contributed by atoms with van der Waals surface area (Å²) in [7, 11) is 0. The van der Waals surface area contributed by atoms with Crippen LogP contribution < -0.4 is 5.32 Å². The quantitative estimate of drug-likeness (QED) is 0.892. The lowest BCUT2D eigenvalue weighted by Gasteiger charge is -2.32. The van der Waals surface area contributed by atoms with Gasteiger partial charge in [0.15, 0.2) is 0 Å². The molecule has 0 aliphatic carbocycles. The van der Waals surface area contributed by atoms with Gasteiger partial charge in [0.25, 0.3) is 0 Å². The average Bonchev–Trinajstić information content (AvgIpc) is 2.76. The molecule has 1 aromatic carbocycles. The van der Waals surface area contributed by atoms with E-state index in [0.29, 0.717) is 0 Å². The van der Waals surface area contributed by atoms with E-state index in [2.05, 4.69) is 36.3 Å². The van der Waals surface area contributed by atoms with Crippen molar-refractivity contribution in [3.05, 3.63) is 53.1 Å². The fourth-order valence-corrected chi connectivity index (χ4v) is 2.35. The van der Waals surface area contributed by atoms with Crippen molar-refractivity contribution in [2.45, 2.75) is 40.3 Å². The number of aromatic amines is 1. The summed E-state index contributed by atoms with van der Waals surface area (Å²) in [5, 5.41) is 10.5. The topological polar surface area (TPSA) is 40.7 Å². The van der Waals surface area contributed by atoms with Crippen LogP contribution in [-0.2, 0) is 6.54 Å². The second-order valence-corrected chi connectivity index (χ2v) is 6.25. The van der Waals surface area contributed by atoms with Crippen molar-refractivity contribution >= 4 is 0 Å². The lowest BCUT2D eigenvalue weighted by Crippen LogP contribution is -2.32. The summed E-state index contributed by atoms with van der Waals surface area (Å²) in [5.74, 6) is -0.202. The molecule has 0 spiro atoms. The average molecular weight is 275 g/mol. The maximum absolute atomic E-state index is 13.1. The first kappa shape index (κ1) is 14.7. The van der Waals surface area contributed by atoms with Gasteiger partial charge in [-0.15, -0.1) is 0 Å². The highest BCUT2D eigenvalue weighted by Crippen LogP contribution is 2.33. The van der Waals surface area contributed by atoms with Crippen LogP contribution in [0.1, 0.15) is 43.6 Å². The molecule has 0 bridgehead atoms. The zero-order valence-corrected chi connectivity index (χ0v) is 12.5. The molecule has 108 valence electrons. The zero-order valence-electron chi connectivity index (χ0n) is 12.5. The Bertz CT molecular complexity index is 552. The first-order valence-corrected chi connectivity index (χ1v) is 6.85. The van der Waals surface area contributed by atoms with E-state index >= 15 is 0 Å². The Hall–Kier alpha value is -1.68. The van der Waals surface area contributed by atoms with Crippen molar-refractivity contribution in [3.8, 4) is 0 Å². The Morgan fingerprint density at radius 2 is 1.90 bits per heavy atom. The molecule has 2 N–H and O–H groups in total. The molecule has 1 atom stereocenters. The molecule has 0 aliphatic heterocycles.